The van der Waals surface area contributed by atoms with Gasteiger partial charge in [-0.2, -0.15) is 15.8 Å². The Morgan fingerprint density at radius 2 is 1.03 bits per heavy atom. The minimum Gasteiger partial charge on any atom is -0.369 e. The van der Waals surface area contributed by atoms with E-state index in [-0.39, 0.29) is 88.2 Å². The molecule has 6 amide bonds. The van der Waals surface area contributed by atoms with Gasteiger partial charge in [-0.1, -0.05) is 229 Å². The number of carbonyl (C=O) groups is 6. The lowest BCUT2D eigenvalue weighted by molar-refractivity contribution is -0.131. The van der Waals surface area contributed by atoms with E-state index in [1.165, 1.54) is 42.5 Å². The number of carbonyl (C=O) groups excluding carboxylic acids is 6. The fourth-order valence-electron chi connectivity index (χ4n) is 18.5. The maximum absolute atomic E-state index is 14.0. The molecule has 31 heteroatoms. The van der Waals surface area contributed by atoms with Crippen molar-refractivity contribution in [3.8, 4) is 51.6 Å². The Morgan fingerprint density at radius 3 is 1.51 bits per heavy atom. The molecular formula is C113H111ClN22O6S2. The molecule has 9 aromatic carbocycles. The van der Waals surface area contributed by atoms with Gasteiger partial charge in [-0.15, -0.1) is 22.7 Å². The molecule has 13 aromatic rings. The zero-order chi connectivity index (χ0) is 103. The topological polar surface area (TPSA) is 427 Å². The van der Waals surface area contributed by atoms with E-state index in [9.17, 15) is 39.3 Å². The first-order valence-electron chi connectivity index (χ1n) is 46.7. The standard InChI is InChI=1S/C29H25N5O2.2C27H28N4OS.C20H18N4O.C10H12ClN5O/c30-28-33-29(23-12-3-1-4-13-23,24-14-5-2-6-15-24)27(36)34(28)20-21-10-9-11-22(18-21)26(35)32-19-25-16-7-8-17-31-25;2*1-26(2,3)21-11-9-18(10-12-21)23-24(32)31(5)25(29)30-27(23,4)22-14-20(16-33-22)19-8-6-7-17(13-19)15-28;1-22-19-23-18(25)11-20(24-19)8-7-14-5-6-16(10-17(14)20)15-4-2-3-13(9-15)12-21;1-10(6-4-13-5-7(11)14-6)3-8(17)16(2)9(12)15-10/h1-18H,19-20H2,(H2,30,33)(H,32,35);2*6-14,16,23H,1-5H3,(H2,29,30);2-6,9-10H,7-8,11H2,1H3,(H2,22,23,24,25);4-5H,3H2,1-2H3,(H2,12,15)/t;23-,27+;23-,27-;20-;10-/m.0100/s1. The number of nitriles is 3. The van der Waals surface area contributed by atoms with Crippen molar-refractivity contribution in [2.75, 3.05) is 28.2 Å². The van der Waals surface area contributed by atoms with Crippen LogP contribution in [0, 0.1) is 34.0 Å². The zero-order valence-electron chi connectivity index (χ0n) is 82.2. The van der Waals surface area contributed by atoms with Crippen LogP contribution in [0.25, 0.3) is 33.4 Å². The van der Waals surface area contributed by atoms with Crippen LogP contribution in [0.3, 0.4) is 0 Å². The Labute approximate surface area is 850 Å². The fraction of sp³-hybridized carbons (Fsp3) is 0.248. The first-order chi connectivity index (χ1) is 68.7. The quantitative estimate of drug-likeness (QED) is 0.0501. The predicted octanol–water partition coefficient (Wildman–Crippen LogP) is 17.3. The highest BCUT2D eigenvalue weighted by atomic mass is 35.5. The third-order valence-corrected chi connectivity index (χ3v) is 29.2. The molecule has 0 unspecified atom stereocenters. The largest absolute Gasteiger partial charge is 0.369 e. The number of amides is 6. The smallest absolute Gasteiger partial charge is 0.266 e. The van der Waals surface area contributed by atoms with Gasteiger partial charge in [0.2, 0.25) is 23.6 Å². The summed E-state index contributed by atoms with van der Waals surface area (Å²) < 4.78 is 0. The minimum absolute atomic E-state index is 0.0101. The highest BCUT2D eigenvalue weighted by molar-refractivity contribution is 7.11. The number of aliphatic imine (C=N–C) groups is 5. The van der Waals surface area contributed by atoms with Crippen molar-refractivity contribution in [2.45, 2.75) is 151 Å². The first-order valence-corrected chi connectivity index (χ1v) is 48.9. The van der Waals surface area contributed by atoms with E-state index in [1.807, 2.05) is 188 Å². The molecule has 1 fully saturated rings. The lowest BCUT2D eigenvalue weighted by Crippen LogP contribution is -2.58. The second-order valence-corrected chi connectivity index (χ2v) is 40.8. The molecule has 6 aliphatic rings. The number of fused-ring (bicyclic) bond motifs is 2. The van der Waals surface area contributed by atoms with Crippen LogP contribution in [0.1, 0.15) is 192 Å². The summed E-state index contributed by atoms with van der Waals surface area (Å²) in [4.78, 5) is 120. The molecule has 728 valence electrons. The molecule has 144 heavy (non-hydrogen) atoms. The van der Waals surface area contributed by atoms with Crippen LogP contribution >= 0.6 is 34.3 Å². The molecule has 1 aliphatic carbocycles. The van der Waals surface area contributed by atoms with E-state index in [1.54, 1.807) is 107 Å². The number of nitrogens with one attached hydrogen (secondary N) is 3. The second-order valence-electron chi connectivity index (χ2n) is 38.6. The second kappa shape index (κ2) is 42.1. The fourth-order valence-corrected chi connectivity index (χ4v) is 20.7. The van der Waals surface area contributed by atoms with E-state index >= 15 is 0 Å². The van der Waals surface area contributed by atoms with Crippen molar-refractivity contribution in [2.24, 2.45) is 47.9 Å². The van der Waals surface area contributed by atoms with E-state index in [4.69, 9.17) is 54.8 Å². The van der Waals surface area contributed by atoms with Crippen molar-refractivity contribution in [3.63, 3.8) is 0 Å². The molecule has 4 aromatic heterocycles. The SMILES string of the molecule is CN1C(=O)C[C@@](C)(c2cncc(Cl)n2)N=C1N.CN1C(=O)[C@@H](c2ccc(C(C)(C)C)cc2)[C@@](C)(c2cc(-c3cccc(C#N)c3)cs2)N=C1N.CN1C(=O)[C@H](c2ccc(C(C)(C)C)cc2)[C@@](C)(c2cc(-c3cccc(C#N)c3)cs2)N=C1N.CN=C1NC(=O)C[C@]2(CCc3ccc(-c4cccc(C#N)c4)cc32)N1.NC1=NC(c2ccccc2)(c2ccccc2)C(=O)N1Cc1cccc(C(=O)NCc2ccccn2)c1. The van der Waals surface area contributed by atoms with Gasteiger partial charge < -0.3 is 33.6 Å². The molecule has 9 heterocycles. The number of hydrogen-bond acceptors (Lipinski definition) is 23. The summed E-state index contributed by atoms with van der Waals surface area (Å²) in [5.41, 5.74) is 38.9. The Balaban J connectivity index is 0.000000138. The Kier molecular flexibility index (Phi) is 29.8. The summed E-state index contributed by atoms with van der Waals surface area (Å²) >= 11 is 8.89. The highest BCUT2D eigenvalue weighted by Crippen LogP contribution is 2.51. The molecule has 0 bridgehead atoms. The lowest BCUT2D eigenvalue weighted by atomic mass is 9.76. The molecule has 6 atom stereocenters. The number of nitrogens with two attached hydrogens (primary N) is 4. The lowest BCUT2D eigenvalue weighted by Gasteiger charge is -2.40. The Bertz CT molecular complexity index is 7140. The average Bonchev–Trinajstić information content (AvgIpc) is 1.44. The van der Waals surface area contributed by atoms with Crippen molar-refractivity contribution in [3.05, 3.63) is 383 Å². The van der Waals surface area contributed by atoms with E-state index in [2.05, 4.69) is 155 Å². The van der Waals surface area contributed by atoms with Gasteiger partial charge in [-0.05, 0) is 218 Å². The third kappa shape index (κ3) is 21.6. The average molecular weight is 1970 g/mol. The maximum Gasteiger partial charge on any atom is 0.266 e. The van der Waals surface area contributed by atoms with Gasteiger partial charge in [0.05, 0.1) is 102 Å². The number of hydrogen-bond donors (Lipinski definition) is 7. The normalized spacial score (nSPS) is 20.1. The van der Waals surface area contributed by atoms with Gasteiger partial charge >= 0.3 is 0 Å². The van der Waals surface area contributed by atoms with Crippen molar-refractivity contribution >= 4 is 99.5 Å². The summed E-state index contributed by atoms with van der Waals surface area (Å²) in [6, 6.07) is 87.8. The summed E-state index contributed by atoms with van der Waals surface area (Å²) in [6.45, 7) is 19.3. The molecule has 28 nitrogen and oxygen atoms in total. The van der Waals surface area contributed by atoms with E-state index in [0.29, 0.717) is 46.9 Å². The number of benzene rings is 9. The van der Waals surface area contributed by atoms with Crippen LogP contribution < -0.4 is 38.9 Å². The Morgan fingerprint density at radius 1 is 0.542 bits per heavy atom. The molecule has 0 saturated carbocycles. The van der Waals surface area contributed by atoms with Crippen LogP contribution in [-0.4, -0.2) is 128 Å². The van der Waals surface area contributed by atoms with Crippen LogP contribution in [0.4, 0.5) is 0 Å². The summed E-state index contributed by atoms with van der Waals surface area (Å²) in [5.74, 6) is -0.457. The van der Waals surface area contributed by atoms with E-state index < -0.39 is 39.5 Å². The van der Waals surface area contributed by atoms with Crippen molar-refractivity contribution in [1.29, 1.82) is 15.8 Å². The molecule has 1 spiro atoms. The maximum atomic E-state index is 14.0. The third-order valence-electron chi connectivity index (χ3n) is 26.7. The van der Waals surface area contributed by atoms with Gasteiger partial charge in [-0.3, -0.25) is 68.6 Å². The number of halogens is 1. The number of nitrogens with zero attached hydrogens (tertiary/aromatic N) is 15. The van der Waals surface area contributed by atoms with Gasteiger partial charge in [0.15, 0.2) is 35.3 Å². The van der Waals surface area contributed by atoms with Crippen LogP contribution in [-0.2, 0) is 82.0 Å². The van der Waals surface area contributed by atoms with Crippen LogP contribution in [0.2, 0.25) is 5.15 Å². The highest BCUT2D eigenvalue weighted by Gasteiger charge is 2.53. The summed E-state index contributed by atoms with van der Waals surface area (Å²) in [7, 11) is 6.60. The van der Waals surface area contributed by atoms with Gasteiger partial charge in [0.25, 0.3) is 11.8 Å². The monoisotopic (exact) mass is 1970 g/mol. The molecule has 0 radical (unpaired) electrons. The van der Waals surface area contributed by atoms with Crippen molar-refractivity contribution < 1.29 is 28.8 Å². The molecule has 5 aliphatic heterocycles. The van der Waals surface area contributed by atoms with Gasteiger partial charge in [0.1, 0.15) is 21.8 Å². The molecule has 1 saturated heterocycles. The number of pyridine rings is 1. The van der Waals surface area contributed by atoms with E-state index in [0.717, 1.165) is 95.1 Å². The zero-order valence-corrected chi connectivity index (χ0v) is 84.6. The first kappa shape index (κ1) is 102. The predicted molar refractivity (Wildman–Crippen MR) is 565 cm³/mol. The van der Waals surface area contributed by atoms with Gasteiger partial charge in [0, 0.05) is 49.7 Å². The number of aryl methyl sites for hydroxylation is 1. The van der Waals surface area contributed by atoms with Crippen LogP contribution in [0.15, 0.2) is 309 Å². The number of rotatable bonds is 15. The van der Waals surface area contributed by atoms with Gasteiger partial charge in [-0.25, -0.2) is 25.0 Å². The molecular weight excluding hydrogens is 1860 g/mol. The Hall–Kier alpha value is -16.5. The number of guanidine groups is 5. The summed E-state index contributed by atoms with van der Waals surface area (Å²) in [6.07, 6.45) is 7.06. The number of aromatic nitrogens is 3. The molecule has 19 rings (SSSR count). The number of likely N-dealkylation sites (N-methyl/N-ethyl adjacent to an activating group) is 2. The summed E-state index contributed by atoms with van der Waals surface area (Å²) in [5, 5.41) is 41.1. The van der Waals surface area contributed by atoms with Crippen molar-refractivity contribution in [1.82, 2.24) is 50.5 Å². The minimum atomic E-state index is -1.26. The molecule has 11 N–H and O–H groups in total. The van der Waals surface area contributed by atoms with Crippen LogP contribution in [0.5, 0.6) is 0 Å². The number of thiophene rings is 2.